The number of nitrogens with zero attached hydrogens (tertiary/aromatic N) is 2. The Balaban J connectivity index is 1.43. The molecule has 2 amide bonds. The molecule has 2 aromatic carbocycles. The zero-order chi connectivity index (χ0) is 20.1. The first-order valence-electron chi connectivity index (χ1n) is 10.5. The summed E-state index contributed by atoms with van der Waals surface area (Å²) in [7, 11) is 0. The minimum absolute atomic E-state index is 0.0625. The third kappa shape index (κ3) is 4.67. The molecule has 0 aliphatic carbocycles. The maximum Gasteiger partial charge on any atom is 0.251 e. The van der Waals surface area contributed by atoms with Gasteiger partial charge in [0, 0.05) is 31.3 Å². The molecular weight excluding hydrogens is 364 g/mol. The van der Waals surface area contributed by atoms with E-state index in [-0.39, 0.29) is 23.8 Å². The third-order valence-electron chi connectivity index (χ3n) is 5.88. The summed E-state index contributed by atoms with van der Waals surface area (Å²) >= 11 is 0. The van der Waals surface area contributed by atoms with E-state index in [9.17, 15) is 9.59 Å². The zero-order valence-electron chi connectivity index (χ0n) is 16.7. The van der Waals surface area contributed by atoms with E-state index in [1.807, 2.05) is 70.5 Å². The van der Waals surface area contributed by atoms with Crippen LogP contribution in [-0.2, 0) is 20.9 Å². The van der Waals surface area contributed by atoms with Crippen molar-refractivity contribution in [1.82, 2.24) is 4.90 Å². The van der Waals surface area contributed by atoms with Gasteiger partial charge in [0.1, 0.15) is 6.10 Å². The number of ether oxygens (including phenoxy) is 1. The molecule has 152 valence electrons. The molecule has 0 radical (unpaired) electrons. The van der Waals surface area contributed by atoms with E-state index in [2.05, 4.69) is 0 Å². The summed E-state index contributed by atoms with van der Waals surface area (Å²) in [4.78, 5) is 29.8. The van der Waals surface area contributed by atoms with E-state index < -0.39 is 0 Å². The highest BCUT2D eigenvalue weighted by molar-refractivity contribution is 5.95. The van der Waals surface area contributed by atoms with Crippen LogP contribution in [0.3, 0.4) is 0 Å². The van der Waals surface area contributed by atoms with E-state index in [1.54, 1.807) is 0 Å². The molecule has 2 saturated heterocycles. The highest BCUT2D eigenvalue weighted by Gasteiger charge is 2.34. The Hall–Kier alpha value is -2.66. The van der Waals surface area contributed by atoms with Crippen molar-refractivity contribution in [3.63, 3.8) is 0 Å². The molecule has 1 unspecified atom stereocenters. The Labute approximate surface area is 172 Å². The van der Waals surface area contributed by atoms with Gasteiger partial charge in [0.05, 0.1) is 6.54 Å². The fourth-order valence-corrected chi connectivity index (χ4v) is 4.21. The van der Waals surface area contributed by atoms with Crippen molar-refractivity contribution in [3.8, 4) is 0 Å². The van der Waals surface area contributed by atoms with Crippen molar-refractivity contribution in [2.24, 2.45) is 5.92 Å². The second-order valence-corrected chi connectivity index (χ2v) is 7.85. The smallest absolute Gasteiger partial charge is 0.251 e. The molecule has 0 bridgehead atoms. The molecule has 0 saturated carbocycles. The highest BCUT2D eigenvalue weighted by Crippen LogP contribution is 2.26. The minimum atomic E-state index is -0.277. The quantitative estimate of drug-likeness (QED) is 0.781. The lowest BCUT2D eigenvalue weighted by Crippen LogP contribution is -2.47. The number of benzene rings is 2. The molecule has 4 rings (SSSR count). The van der Waals surface area contributed by atoms with Gasteiger partial charge >= 0.3 is 0 Å². The lowest BCUT2D eigenvalue weighted by molar-refractivity contribution is -0.143. The summed E-state index contributed by atoms with van der Waals surface area (Å²) in [6.07, 6.45) is 2.90. The lowest BCUT2D eigenvalue weighted by atomic mass is 9.94. The van der Waals surface area contributed by atoms with Crippen LogP contribution < -0.4 is 4.90 Å². The van der Waals surface area contributed by atoms with Crippen molar-refractivity contribution >= 4 is 17.5 Å². The normalized spacial score (nSPS) is 19.9. The summed E-state index contributed by atoms with van der Waals surface area (Å²) in [6, 6.07) is 19.9. The maximum absolute atomic E-state index is 13.4. The van der Waals surface area contributed by atoms with Crippen LogP contribution >= 0.6 is 0 Å². The molecule has 2 aromatic rings. The molecule has 0 aromatic heterocycles. The number of para-hydroxylation sites is 1. The number of hydrogen-bond donors (Lipinski definition) is 0. The molecular formula is C24H28N2O3. The van der Waals surface area contributed by atoms with Gasteiger partial charge in [-0.05, 0) is 43.4 Å². The average molecular weight is 392 g/mol. The molecule has 5 heteroatoms. The van der Waals surface area contributed by atoms with Gasteiger partial charge < -0.3 is 14.5 Å². The number of piperidine rings is 1. The van der Waals surface area contributed by atoms with Gasteiger partial charge in [0.25, 0.3) is 5.91 Å². The Morgan fingerprint density at radius 1 is 0.931 bits per heavy atom. The van der Waals surface area contributed by atoms with Gasteiger partial charge in [-0.1, -0.05) is 48.5 Å². The fraction of sp³-hybridized carbons (Fsp3) is 0.417. The molecule has 2 heterocycles. The Kier molecular flexibility index (Phi) is 6.25. The Morgan fingerprint density at radius 2 is 1.59 bits per heavy atom. The monoisotopic (exact) mass is 392 g/mol. The number of likely N-dealkylation sites (tertiary alicyclic amines) is 1. The van der Waals surface area contributed by atoms with E-state index in [4.69, 9.17) is 4.74 Å². The van der Waals surface area contributed by atoms with Crippen molar-refractivity contribution in [3.05, 3.63) is 66.2 Å². The van der Waals surface area contributed by atoms with Crippen LogP contribution in [0.2, 0.25) is 0 Å². The minimum Gasteiger partial charge on any atom is -0.368 e. The summed E-state index contributed by atoms with van der Waals surface area (Å²) in [5, 5.41) is 0. The van der Waals surface area contributed by atoms with Crippen molar-refractivity contribution < 1.29 is 14.3 Å². The number of hydrogen-bond acceptors (Lipinski definition) is 3. The van der Waals surface area contributed by atoms with Crippen molar-refractivity contribution in [2.45, 2.75) is 38.3 Å². The van der Waals surface area contributed by atoms with Crippen LogP contribution in [0, 0.1) is 5.92 Å². The van der Waals surface area contributed by atoms with Crippen LogP contribution in [0.25, 0.3) is 0 Å². The van der Waals surface area contributed by atoms with Crippen LogP contribution in [0.1, 0.15) is 31.2 Å². The fourth-order valence-electron chi connectivity index (χ4n) is 4.21. The molecule has 2 aliphatic heterocycles. The van der Waals surface area contributed by atoms with Crippen molar-refractivity contribution in [1.29, 1.82) is 0 Å². The summed E-state index contributed by atoms with van der Waals surface area (Å²) < 4.78 is 5.54. The standard InChI is InChI=1S/C24H28N2O3/c27-23(20-13-15-25(16-14-20)24(28)22-12-7-17-29-22)26(21-10-5-2-6-11-21)18-19-8-3-1-4-9-19/h1-6,8-11,20,22H,7,12-18H2. The number of anilines is 1. The van der Waals surface area contributed by atoms with E-state index in [1.165, 1.54) is 0 Å². The molecule has 2 fully saturated rings. The molecule has 2 aliphatic rings. The molecule has 0 spiro atoms. The first-order chi connectivity index (χ1) is 14.2. The van der Waals surface area contributed by atoms with Gasteiger partial charge in [0.15, 0.2) is 0 Å². The molecule has 0 N–H and O–H groups in total. The van der Waals surface area contributed by atoms with Gasteiger partial charge in [-0.3, -0.25) is 9.59 Å². The van der Waals surface area contributed by atoms with Crippen molar-refractivity contribution in [2.75, 3.05) is 24.6 Å². The van der Waals surface area contributed by atoms with Gasteiger partial charge in [-0.25, -0.2) is 0 Å². The summed E-state index contributed by atoms with van der Waals surface area (Å²) in [6.45, 7) is 2.49. The number of carbonyl (C=O) groups is 2. The largest absolute Gasteiger partial charge is 0.368 e. The van der Waals surface area contributed by atoms with E-state index in [0.29, 0.717) is 39.1 Å². The molecule has 5 nitrogen and oxygen atoms in total. The van der Waals surface area contributed by atoms with Gasteiger partial charge in [-0.15, -0.1) is 0 Å². The first-order valence-corrected chi connectivity index (χ1v) is 10.5. The Morgan fingerprint density at radius 3 is 2.21 bits per heavy atom. The van der Waals surface area contributed by atoms with Crippen LogP contribution in [0.15, 0.2) is 60.7 Å². The number of rotatable bonds is 5. The molecule has 29 heavy (non-hydrogen) atoms. The van der Waals surface area contributed by atoms with Crippen LogP contribution in [0.5, 0.6) is 0 Å². The number of amides is 2. The first kappa shape index (κ1) is 19.6. The highest BCUT2D eigenvalue weighted by atomic mass is 16.5. The van der Waals surface area contributed by atoms with Gasteiger partial charge in [-0.2, -0.15) is 0 Å². The second-order valence-electron chi connectivity index (χ2n) is 7.85. The predicted molar refractivity (Wildman–Crippen MR) is 112 cm³/mol. The summed E-state index contributed by atoms with van der Waals surface area (Å²) in [5.41, 5.74) is 2.02. The van der Waals surface area contributed by atoms with E-state index in [0.717, 1.165) is 24.1 Å². The van der Waals surface area contributed by atoms with Crippen LogP contribution in [-0.4, -0.2) is 42.5 Å². The van der Waals surface area contributed by atoms with Gasteiger partial charge in [0.2, 0.25) is 5.91 Å². The summed E-state index contributed by atoms with van der Waals surface area (Å²) in [5.74, 6) is 0.175. The average Bonchev–Trinajstić information content (AvgIpc) is 3.33. The Bertz CT molecular complexity index is 811. The maximum atomic E-state index is 13.4. The van der Waals surface area contributed by atoms with Crippen LogP contribution in [0.4, 0.5) is 5.69 Å². The topological polar surface area (TPSA) is 49.9 Å². The zero-order valence-corrected chi connectivity index (χ0v) is 16.7. The SMILES string of the molecule is O=C(C1CCCO1)N1CCC(C(=O)N(Cc2ccccc2)c2ccccc2)CC1. The number of carbonyl (C=O) groups excluding carboxylic acids is 2. The van der Waals surface area contributed by atoms with E-state index >= 15 is 0 Å². The molecule has 1 atom stereocenters. The predicted octanol–water partition coefficient (Wildman–Crippen LogP) is 3.64. The third-order valence-corrected chi connectivity index (χ3v) is 5.88. The lowest BCUT2D eigenvalue weighted by Gasteiger charge is -2.35. The second kappa shape index (κ2) is 9.23.